The average Bonchev–Trinajstić information content (AvgIpc) is 2.67. The topological polar surface area (TPSA) is 59.5 Å². The molecule has 27 heavy (non-hydrogen) atoms. The number of pyridine rings is 1. The highest BCUT2D eigenvalue weighted by Crippen LogP contribution is 2.37. The van der Waals surface area contributed by atoms with Gasteiger partial charge in [-0.2, -0.15) is 0 Å². The van der Waals surface area contributed by atoms with Crippen LogP contribution >= 0.6 is 23.2 Å². The molecule has 0 aliphatic carbocycles. The standard InChI is InChI=1S/C19H16Cl2N2O3S/c20-13-2-1-3-15(10-13)27(24,25)18-12-22-17-5-4-14(21)11-16(17)19(18)23-6-8-26-9-7-23/h1-5,10-12H,6-9H2. The Bertz CT molecular complexity index is 1110. The minimum absolute atomic E-state index is 0.132. The number of rotatable bonds is 3. The van der Waals surface area contributed by atoms with Gasteiger partial charge in [-0.1, -0.05) is 29.3 Å². The summed E-state index contributed by atoms with van der Waals surface area (Å²) in [6.45, 7) is 2.23. The third-order valence-corrected chi connectivity index (χ3v) is 6.71. The zero-order valence-corrected chi connectivity index (χ0v) is 16.6. The van der Waals surface area contributed by atoms with Gasteiger partial charge in [-0.25, -0.2) is 8.42 Å². The molecule has 5 nitrogen and oxygen atoms in total. The van der Waals surface area contributed by atoms with Gasteiger partial charge >= 0.3 is 0 Å². The van der Waals surface area contributed by atoms with Crippen molar-refractivity contribution in [2.45, 2.75) is 9.79 Å². The van der Waals surface area contributed by atoms with Crippen molar-refractivity contribution in [2.75, 3.05) is 31.2 Å². The summed E-state index contributed by atoms with van der Waals surface area (Å²) in [6.07, 6.45) is 1.41. The first kappa shape index (κ1) is 18.5. The van der Waals surface area contributed by atoms with Gasteiger partial charge in [0.25, 0.3) is 0 Å². The summed E-state index contributed by atoms with van der Waals surface area (Å²) >= 11 is 12.2. The fourth-order valence-corrected chi connectivity index (χ4v) is 5.11. The van der Waals surface area contributed by atoms with Crippen molar-refractivity contribution in [3.63, 3.8) is 0 Å². The van der Waals surface area contributed by atoms with Crippen LogP contribution in [0.25, 0.3) is 10.9 Å². The molecule has 1 aliphatic rings. The highest BCUT2D eigenvalue weighted by Gasteiger charge is 2.28. The predicted octanol–water partition coefficient (Wildman–Crippen LogP) is 4.21. The maximum atomic E-state index is 13.4. The Balaban J connectivity index is 1.99. The van der Waals surface area contributed by atoms with Crippen LogP contribution in [0.3, 0.4) is 0 Å². The van der Waals surface area contributed by atoms with Gasteiger partial charge in [-0.3, -0.25) is 4.98 Å². The smallest absolute Gasteiger partial charge is 0.210 e. The molecule has 0 radical (unpaired) electrons. The number of benzene rings is 2. The molecule has 2 aromatic carbocycles. The van der Waals surface area contributed by atoms with E-state index in [9.17, 15) is 8.42 Å². The van der Waals surface area contributed by atoms with Crippen molar-refractivity contribution in [1.82, 2.24) is 4.98 Å². The first-order valence-electron chi connectivity index (χ1n) is 8.38. The predicted molar refractivity (Wildman–Crippen MR) is 107 cm³/mol. The van der Waals surface area contributed by atoms with Crippen LogP contribution in [0.5, 0.6) is 0 Å². The second-order valence-electron chi connectivity index (χ2n) is 6.19. The molecule has 0 bridgehead atoms. The van der Waals surface area contributed by atoms with Crippen LogP contribution in [0.4, 0.5) is 5.69 Å². The number of anilines is 1. The normalized spacial score (nSPS) is 15.3. The summed E-state index contributed by atoms with van der Waals surface area (Å²) in [4.78, 5) is 6.65. The number of nitrogens with zero attached hydrogens (tertiary/aromatic N) is 2. The van der Waals surface area contributed by atoms with Crippen LogP contribution < -0.4 is 4.90 Å². The molecule has 0 spiro atoms. The molecule has 4 rings (SSSR count). The van der Waals surface area contributed by atoms with Crippen LogP contribution in [-0.2, 0) is 14.6 Å². The molecular weight excluding hydrogens is 407 g/mol. The molecule has 1 fully saturated rings. The molecule has 0 amide bonds. The van der Waals surface area contributed by atoms with E-state index < -0.39 is 9.84 Å². The molecule has 0 saturated carbocycles. The van der Waals surface area contributed by atoms with Crippen molar-refractivity contribution in [1.29, 1.82) is 0 Å². The summed E-state index contributed by atoms with van der Waals surface area (Å²) in [5.41, 5.74) is 1.29. The SMILES string of the molecule is O=S(=O)(c1cccc(Cl)c1)c1cnc2ccc(Cl)cc2c1N1CCOCC1. The molecule has 140 valence electrons. The number of halogens is 2. The summed E-state index contributed by atoms with van der Waals surface area (Å²) in [6, 6.07) is 11.5. The number of hydrogen-bond donors (Lipinski definition) is 0. The summed E-state index contributed by atoms with van der Waals surface area (Å²) in [7, 11) is -3.82. The molecule has 0 unspecified atom stereocenters. The third-order valence-electron chi connectivity index (χ3n) is 4.49. The van der Waals surface area contributed by atoms with Crippen LogP contribution in [0, 0.1) is 0 Å². The number of sulfone groups is 1. The Kier molecular flexibility index (Phi) is 4.99. The van der Waals surface area contributed by atoms with E-state index in [1.807, 2.05) is 4.90 Å². The molecule has 3 aromatic rings. The van der Waals surface area contributed by atoms with Crippen LogP contribution in [0.2, 0.25) is 10.0 Å². The van der Waals surface area contributed by atoms with Crippen molar-refractivity contribution in [3.05, 3.63) is 58.7 Å². The van der Waals surface area contributed by atoms with E-state index in [0.717, 1.165) is 0 Å². The van der Waals surface area contributed by atoms with Crippen LogP contribution in [0.15, 0.2) is 58.5 Å². The van der Waals surface area contributed by atoms with Gasteiger partial charge in [0.05, 0.1) is 29.3 Å². The molecular formula is C19H16Cl2N2O3S. The Hall–Kier alpha value is -1.86. The largest absolute Gasteiger partial charge is 0.378 e. The van der Waals surface area contributed by atoms with Crippen molar-refractivity contribution in [3.8, 4) is 0 Å². The average molecular weight is 423 g/mol. The van der Waals surface area contributed by atoms with E-state index in [4.69, 9.17) is 27.9 Å². The van der Waals surface area contributed by atoms with Crippen LogP contribution in [0.1, 0.15) is 0 Å². The van der Waals surface area contributed by atoms with E-state index in [2.05, 4.69) is 4.98 Å². The Labute approximate surface area is 167 Å². The lowest BCUT2D eigenvalue weighted by atomic mass is 10.1. The molecule has 0 N–H and O–H groups in total. The summed E-state index contributed by atoms with van der Waals surface area (Å²) in [5.74, 6) is 0. The monoisotopic (exact) mass is 422 g/mol. The van der Waals surface area contributed by atoms with Gasteiger partial charge in [0, 0.05) is 34.7 Å². The fraction of sp³-hybridized carbons (Fsp3) is 0.211. The number of aromatic nitrogens is 1. The fourth-order valence-electron chi connectivity index (χ4n) is 3.20. The molecule has 8 heteroatoms. The zero-order chi connectivity index (χ0) is 19.0. The Morgan fingerprint density at radius 3 is 2.48 bits per heavy atom. The first-order chi connectivity index (χ1) is 13.0. The lowest BCUT2D eigenvalue weighted by Crippen LogP contribution is -2.37. The van der Waals surface area contributed by atoms with E-state index >= 15 is 0 Å². The summed E-state index contributed by atoms with van der Waals surface area (Å²) < 4.78 is 32.2. The lowest BCUT2D eigenvalue weighted by Gasteiger charge is -2.31. The molecule has 1 aliphatic heterocycles. The minimum atomic E-state index is -3.82. The van der Waals surface area contributed by atoms with Gasteiger partial charge in [-0.15, -0.1) is 0 Å². The Morgan fingerprint density at radius 1 is 1.00 bits per heavy atom. The highest BCUT2D eigenvalue weighted by molar-refractivity contribution is 7.91. The second kappa shape index (κ2) is 7.28. The Morgan fingerprint density at radius 2 is 1.74 bits per heavy atom. The van der Waals surface area contributed by atoms with E-state index in [1.54, 1.807) is 30.3 Å². The van der Waals surface area contributed by atoms with Gasteiger partial charge < -0.3 is 9.64 Å². The van der Waals surface area contributed by atoms with Gasteiger partial charge in [0.15, 0.2) is 0 Å². The van der Waals surface area contributed by atoms with E-state index in [-0.39, 0.29) is 9.79 Å². The van der Waals surface area contributed by atoms with Gasteiger partial charge in [0.2, 0.25) is 9.84 Å². The maximum absolute atomic E-state index is 13.4. The van der Waals surface area contributed by atoms with E-state index in [0.29, 0.717) is 52.9 Å². The quantitative estimate of drug-likeness (QED) is 0.632. The second-order valence-corrected chi connectivity index (χ2v) is 8.98. The zero-order valence-electron chi connectivity index (χ0n) is 14.2. The van der Waals surface area contributed by atoms with Crippen molar-refractivity contribution < 1.29 is 13.2 Å². The van der Waals surface area contributed by atoms with Crippen molar-refractivity contribution >= 4 is 49.6 Å². The first-order valence-corrected chi connectivity index (χ1v) is 10.6. The molecule has 0 atom stereocenters. The lowest BCUT2D eigenvalue weighted by molar-refractivity contribution is 0.122. The highest BCUT2D eigenvalue weighted by atomic mass is 35.5. The number of morpholine rings is 1. The minimum Gasteiger partial charge on any atom is -0.378 e. The third kappa shape index (κ3) is 3.50. The molecule has 2 heterocycles. The van der Waals surface area contributed by atoms with Crippen molar-refractivity contribution in [2.24, 2.45) is 0 Å². The maximum Gasteiger partial charge on any atom is 0.210 e. The number of fused-ring (bicyclic) bond motifs is 1. The van der Waals surface area contributed by atoms with Gasteiger partial charge in [-0.05, 0) is 36.4 Å². The van der Waals surface area contributed by atoms with Crippen LogP contribution in [-0.4, -0.2) is 39.7 Å². The number of ether oxygens (including phenoxy) is 1. The molecule has 1 saturated heterocycles. The van der Waals surface area contributed by atoms with Gasteiger partial charge in [0.1, 0.15) is 4.90 Å². The number of hydrogen-bond acceptors (Lipinski definition) is 5. The molecule has 1 aromatic heterocycles. The van der Waals surface area contributed by atoms with E-state index in [1.165, 1.54) is 18.3 Å². The summed E-state index contributed by atoms with van der Waals surface area (Å²) in [5, 5.41) is 1.59.